The average molecular weight is 276 g/mol. The molecular formula is C4H4ISZn-. The van der Waals surface area contributed by atoms with E-state index in [1.165, 1.54) is 0 Å². The number of halogens is 1. The van der Waals surface area contributed by atoms with Crippen LogP contribution >= 0.6 is 35.3 Å². The molecule has 7 heavy (non-hydrogen) atoms. The molecule has 0 aliphatic heterocycles. The van der Waals surface area contributed by atoms with Crippen molar-refractivity contribution < 1.29 is 19.5 Å². The second-order valence-corrected chi connectivity index (χ2v) is 1.47. The minimum absolute atomic E-state index is 0. The Labute approximate surface area is 77.1 Å². The molecule has 1 rings (SSSR count). The van der Waals surface area contributed by atoms with E-state index in [1.807, 2.05) is 17.5 Å². The Morgan fingerprint density at radius 1 is 1.43 bits per heavy atom. The largest absolute Gasteiger partial charge is 0.304 e. The van der Waals surface area contributed by atoms with Gasteiger partial charge in [-0.3, -0.25) is 0 Å². The Bertz CT molecular complexity index is 68.2. The topological polar surface area (TPSA) is 0 Å². The minimum atomic E-state index is 0. The van der Waals surface area contributed by atoms with E-state index < -0.39 is 0 Å². The van der Waals surface area contributed by atoms with Gasteiger partial charge in [-0.15, -0.1) is 29.4 Å². The van der Waals surface area contributed by atoms with Crippen LogP contribution in [-0.2, 0) is 19.5 Å². The molecule has 36 valence electrons. The molecule has 1 heterocycles. The van der Waals surface area contributed by atoms with Crippen LogP contribution in [-0.4, -0.2) is 0 Å². The third kappa shape index (κ3) is 4.92. The molecule has 0 unspecified atom stereocenters. The summed E-state index contributed by atoms with van der Waals surface area (Å²) in [6, 6.07) is 3.86. The SMILES string of the molecule is I.[Zn].[c-]1cccs1. The van der Waals surface area contributed by atoms with Crippen molar-refractivity contribution in [3.05, 3.63) is 22.9 Å². The molecule has 1 aromatic heterocycles. The molecule has 0 aliphatic carbocycles. The van der Waals surface area contributed by atoms with Gasteiger partial charge in [-0.2, -0.15) is 11.4 Å². The summed E-state index contributed by atoms with van der Waals surface area (Å²) in [4.78, 5) is 0. The molecule has 0 nitrogen and oxygen atoms in total. The molecule has 0 spiro atoms. The van der Waals surface area contributed by atoms with Crippen LogP contribution in [0.15, 0.2) is 17.5 Å². The van der Waals surface area contributed by atoms with Crippen molar-refractivity contribution in [1.29, 1.82) is 0 Å². The molecule has 0 amide bonds. The Morgan fingerprint density at radius 3 is 2.29 bits per heavy atom. The standard InChI is InChI=1S/C4H3S.HI.Zn/c1-2-4-5-3-1;;/h1-3H;1H;/q-1;;. The molecule has 0 radical (unpaired) electrons. The number of hydrogen-bond donors (Lipinski definition) is 0. The number of hydrogen-bond acceptors (Lipinski definition) is 1. The molecule has 0 fully saturated rings. The Hall–Kier alpha value is 1.05. The van der Waals surface area contributed by atoms with Gasteiger partial charge >= 0.3 is 0 Å². The molecule has 0 aromatic carbocycles. The second kappa shape index (κ2) is 7.05. The van der Waals surface area contributed by atoms with Gasteiger partial charge in [-0.25, -0.2) is 6.07 Å². The quantitative estimate of drug-likeness (QED) is 0.387. The Kier molecular flexibility index (Phi) is 11.0. The van der Waals surface area contributed by atoms with Crippen LogP contribution in [0.5, 0.6) is 0 Å². The summed E-state index contributed by atoms with van der Waals surface area (Å²) < 4.78 is 0. The summed E-state index contributed by atoms with van der Waals surface area (Å²) >= 11 is 1.59. The van der Waals surface area contributed by atoms with E-state index in [1.54, 1.807) is 11.3 Å². The second-order valence-electron chi connectivity index (χ2n) is 0.731. The first-order valence-corrected chi connectivity index (χ1v) is 2.27. The summed E-state index contributed by atoms with van der Waals surface area (Å²) in [5, 5.41) is 4.89. The zero-order valence-corrected chi connectivity index (χ0v) is 9.87. The molecule has 0 saturated heterocycles. The normalized spacial score (nSPS) is 5.71. The van der Waals surface area contributed by atoms with Crippen molar-refractivity contribution in [2.24, 2.45) is 0 Å². The van der Waals surface area contributed by atoms with Crippen molar-refractivity contribution in [2.45, 2.75) is 0 Å². The van der Waals surface area contributed by atoms with Crippen LogP contribution < -0.4 is 0 Å². The third-order valence-corrected chi connectivity index (χ3v) is 0.944. The number of rotatable bonds is 0. The summed E-state index contributed by atoms with van der Waals surface area (Å²) in [6.07, 6.45) is 0. The summed E-state index contributed by atoms with van der Waals surface area (Å²) in [6.45, 7) is 0. The van der Waals surface area contributed by atoms with E-state index in [-0.39, 0.29) is 43.5 Å². The van der Waals surface area contributed by atoms with Crippen LogP contribution in [0.1, 0.15) is 0 Å². The molecule has 0 saturated carbocycles. The first-order chi connectivity index (χ1) is 2.50. The zero-order valence-electron chi connectivity index (χ0n) is 3.76. The van der Waals surface area contributed by atoms with Crippen molar-refractivity contribution in [3.8, 4) is 0 Å². The summed E-state index contributed by atoms with van der Waals surface area (Å²) in [5.41, 5.74) is 0. The predicted molar refractivity (Wildman–Crippen MR) is 38.6 cm³/mol. The maximum atomic E-state index is 2.90. The smallest absolute Gasteiger partial charge is 0 e. The minimum Gasteiger partial charge on any atom is -0.304 e. The maximum Gasteiger partial charge on any atom is 0 e. The van der Waals surface area contributed by atoms with E-state index in [4.69, 9.17) is 0 Å². The van der Waals surface area contributed by atoms with Gasteiger partial charge in [0.1, 0.15) is 0 Å². The number of thiophene rings is 1. The van der Waals surface area contributed by atoms with E-state index in [2.05, 4.69) is 5.38 Å². The van der Waals surface area contributed by atoms with Crippen LogP contribution in [0, 0.1) is 5.38 Å². The molecule has 0 N–H and O–H groups in total. The molecule has 0 atom stereocenters. The van der Waals surface area contributed by atoms with Gasteiger partial charge in [0.2, 0.25) is 0 Å². The van der Waals surface area contributed by atoms with E-state index >= 15 is 0 Å². The van der Waals surface area contributed by atoms with E-state index in [0.29, 0.717) is 0 Å². The van der Waals surface area contributed by atoms with Crippen molar-refractivity contribution in [1.82, 2.24) is 0 Å². The monoisotopic (exact) mass is 275 g/mol. The van der Waals surface area contributed by atoms with Gasteiger partial charge in [0.25, 0.3) is 0 Å². The van der Waals surface area contributed by atoms with Gasteiger partial charge in [-0.05, 0) is 0 Å². The molecule has 0 bridgehead atoms. The third-order valence-electron chi connectivity index (χ3n) is 0.379. The first kappa shape index (κ1) is 10.9. The fourth-order valence-corrected chi connectivity index (χ4v) is 0.589. The van der Waals surface area contributed by atoms with Gasteiger partial charge in [0.15, 0.2) is 0 Å². The molecule has 3 heteroatoms. The fraction of sp³-hybridized carbons (Fsp3) is 0. The van der Waals surface area contributed by atoms with Crippen LogP contribution in [0.3, 0.4) is 0 Å². The first-order valence-electron chi connectivity index (χ1n) is 1.40. The zero-order chi connectivity index (χ0) is 3.54. The van der Waals surface area contributed by atoms with Gasteiger partial charge < -0.3 is 11.3 Å². The summed E-state index contributed by atoms with van der Waals surface area (Å²) in [5.74, 6) is 0. The fourth-order valence-electron chi connectivity index (χ4n) is 0.196. The van der Waals surface area contributed by atoms with Crippen molar-refractivity contribution in [3.63, 3.8) is 0 Å². The van der Waals surface area contributed by atoms with Crippen molar-refractivity contribution >= 4 is 35.3 Å². The molecule has 1 aromatic rings. The van der Waals surface area contributed by atoms with Gasteiger partial charge in [0.05, 0.1) is 0 Å². The predicted octanol–water partition coefficient (Wildman–Crippen LogP) is 2.16. The van der Waals surface area contributed by atoms with Crippen LogP contribution in [0.25, 0.3) is 0 Å². The van der Waals surface area contributed by atoms with E-state index in [9.17, 15) is 0 Å². The molecular weight excluding hydrogens is 272 g/mol. The van der Waals surface area contributed by atoms with Crippen LogP contribution in [0.4, 0.5) is 0 Å². The maximum absolute atomic E-state index is 2.90. The average Bonchev–Trinajstić information content (AvgIpc) is 1.76. The Morgan fingerprint density at radius 2 is 2.14 bits per heavy atom. The summed E-state index contributed by atoms with van der Waals surface area (Å²) in [7, 11) is 0. The van der Waals surface area contributed by atoms with Gasteiger partial charge in [0, 0.05) is 19.5 Å². The van der Waals surface area contributed by atoms with E-state index in [0.717, 1.165) is 0 Å². The van der Waals surface area contributed by atoms with Gasteiger partial charge in [-0.1, -0.05) is 0 Å². The van der Waals surface area contributed by atoms with Crippen molar-refractivity contribution in [2.75, 3.05) is 0 Å². The Balaban J connectivity index is 0. The van der Waals surface area contributed by atoms with Crippen LogP contribution in [0.2, 0.25) is 0 Å². The molecule has 0 aliphatic rings.